The van der Waals surface area contributed by atoms with Crippen molar-refractivity contribution in [3.63, 3.8) is 0 Å². The molecule has 1 aliphatic heterocycles. The molecule has 0 spiro atoms. The molecule has 1 unspecified atom stereocenters. The molecule has 1 saturated heterocycles. The molecule has 0 aliphatic carbocycles. The third-order valence-corrected chi connectivity index (χ3v) is 5.82. The largest absolute Gasteiger partial charge is 0.396 e. The van der Waals surface area contributed by atoms with Crippen molar-refractivity contribution in [3.05, 3.63) is 28.8 Å². The highest BCUT2D eigenvalue weighted by atomic mass is 127. The van der Waals surface area contributed by atoms with E-state index in [1.165, 1.54) is 5.69 Å². The molecule has 1 aromatic carbocycles. The zero-order valence-electron chi connectivity index (χ0n) is 18.7. The van der Waals surface area contributed by atoms with Crippen molar-refractivity contribution >= 4 is 47.2 Å². The molecule has 0 amide bonds. The number of guanidine groups is 1. The highest BCUT2D eigenvalue weighted by molar-refractivity contribution is 14.0. The number of hydrogen-bond donors (Lipinski definition) is 3. The van der Waals surface area contributed by atoms with Crippen molar-refractivity contribution in [2.45, 2.75) is 39.7 Å². The van der Waals surface area contributed by atoms with Gasteiger partial charge in [0.2, 0.25) is 0 Å². The summed E-state index contributed by atoms with van der Waals surface area (Å²) in [4.78, 5) is 9.58. The number of halogens is 2. The highest BCUT2D eigenvalue weighted by Gasteiger charge is 2.18. The lowest BCUT2D eigenvalue weighted by Crippen LogP contribution is -2.44. The van der Waals surface area contributed by atoms with Gasteiger partial charge < -0.3 is 25.5 Å². The maximum absolute atomic E-state index is 9.29. The van der Waals surface area contributed by atoms with Gasteiger partial charge in [-0.3, -0.25) is 0 Å². The van der Waals surface area contributed by atoms with Crippen LogP contribution in [0.3, 0.4) is 0 Å². The Balaban J connectivity index is 0.00000450. The van der Waals surface area contributed by atoms with E-state index in [0.29, 0.717) is 12.5 Å². The first-order valence-electron chi connectivity index (χ1n) is 10.9. The summed E-state index contributed by atoms with van der Waals surface area (Å²) >= 11 is 6.57. The van der Waals surface area contributed by atoms with Crippen molar-refractivity contribution in [2.24, 2.45) is 10.9 Å². The van der Waals surface area contributed by atoms with E-state index in [-0.39, 0.29) is 30.6 Å². The Morgan fingerprint density at radius 2 is 1.90 bits per heavy atom. The van der Waals surface area contributed by atoms with Gasteiger partial charge in [-0.2, -0.15) is 0 Å². The molecule has 8 heteroatoms. The van der Waals surface area contributed by atoms with Crippen LogP contribution in [0.25, 0.3) is 0 Å². The van der Waals surface area contributed by atoms with Crippen LogP contribution < -0.4 is 15.5 Å². The third kappa shape index (κ3) is 8.77. The average Bonchev–Trinajstić information content (AvgIpc) is 2.71. The van der Waals surface area contributed by atoms with Gasteiger partial charge in [0.1, 0.15) is 0 Å². The van der Waals surface area contributed by atoms with Crippen molar-refractivity contribution in [3.8, 4) is 0 Å². The van der Waals surface area contributed by atoms with Crippen LogP contribution in [-0.4, -0.2) is 68.9 Å². The average molecular weight is 552 g/mol. The predicted octanol–water partition coefficient (Wildman–Crippen LogP) is 3.56. The molecule has 6 nitrogen and oxygen atoms in total. The lowest BCUT2D eigenvalue weighted by Gasteiger charge is -2.35. The molecule has 30 heavy (non-hydrogen) atoms. The van der Waals surface area contributed by atoms with E-state index in [0.717, 1.165) is 75.1 Å². The zero-order valence-corrected chi connectivity index (χ0v) is 21.7. The Labute approximate surface area is 204 Å². The van der Waals surface area contributed by atoms with E-state index < -0.39 is 0 Å². The number of piperazine rings is 1. The molecule has 0 bridgehead atoms. The monoisotopic (exact) mass is 551 g/mol. The zero-order chi connectivity index (χ0) is 21.1. The summed E-state index contributed by atoms with van der Waals surface area (Å²) < 4.78 is 0. The second-order valence-electron chi connectivity index (χ2n) is 7.77. The maximum atomic E-state index is 9.29. The minimum atomic E-state index is 0. The molecule has 0 radical (unpaired) electrons. The fraction of sp³-hybridized carbons (Fsp3) is 0.682. The smallest absolute Gasteiger partial charge is 0.191 e. The number of benzene rings is 1. The lowest BCUT2D eigenvalue weighted by atomic mass is 10.0. The van der Waals surface area contributed by atoms with Crippen LogP contribution in [0.5, 0.6) is 0 Å². The number of nitrogens with zero attached hydrogens (tertiary/aromatic N) is 3. The summed E-state index contributed by atoms with van der Waals surface area (Å²) in [5, 5.41) is 16.8. The number of hydrogen-bond acceptors (Lipinski definition) is 4. The molecule has 1 aliphatic rings. The fourth-order valence-electron chi connectivity index (χ4n) is 3.73. The van der Waals surface area contributed by atoms with Gasteiger partial charge in [0.25, 0.3) is 0 Å². The SMILES string of the molecule is CCCC(CCO)CNC(=NCc1c(Cl)cccc1N1CCN(C)CC1)NCC.I. The summed E-state index contributed by atoms with van der Waals surface area (Å²) in [7, 11) is 2.16. The van der Waals surface area contributed by atoms with E-state index in [2.05, 4.69) is 47.4 Å². The van der Waals surface area contributed by atoms with Gasteiger partial charge in [-0.25, -0.2) is 4.99 Å². The van der Waals surface area contributed by atoms with E-state index in [1.807, 2.05) is 12.1 Å². The van der Waals surface area contributed by atoms with Crippen LogP contribution in [0, 0.1) is 5.92 Å². The summed E-state index contributed by atoms with van der Waals surface area (Å²) in [5.41, 5.74) is 2.27. The molecule has 1 aromatic rings. The van der Waals surface area contributed by atoms with Crippen LogP contribution in [0.1, 0.15) is 38.7 Å². The van der Waals surface area contributed by atoms with Crippen LogP contribution in [0.4, 0.5) is 5.69 Å². The molecule has 1 atom stereocenters. The molecular formula is C22H39ClIN5O. The van der Waals surface area contributed by atoms with Crippen LogP contribution in [0.2, 0.25) is 5.02 Å². The normalized spacial score (nSPS) is 16.2. The van der Waals surface area contributed by atoms with Gasteiger partial charge >= 0.3 is 0 Å². The number of aliphatic hydroxyl groups is 1. The predicted molar refractivity (Wildman–Crippen MR) is 139 cm³/mol. The first-order chi connectivity index (χ1) is 14.1. The van der Waals surface area contributed by atoms with Gasteiger partial charge in [0.15, 0.2) is 5.96 Å². The fourth-order valence-corrected chi connectivity index (χ4v) is 3.96. The van der Waals surface area contributed by atoms with Gasteiger partial charge in [0.05, 0.1) is 6.54 Å². The molecular weight excluding hydrogens is 513 g/mol. The molecule has 0 saturated carbocycles. The molecule has 1 fully saturated rings. The summed E-state index contributed by atoms with van der Waals surface area (Å²) in [6.07, 6.45) is 3.04. The molecule has 0 aromatic heterocycles. The topological polar surface area (TPSA) is 63.1 Å². The second-order valence-corrected chi connectivity index (χ2v) is 8.18. The number of aliphatic hydroxyl groups excluding tert-OH is 1. The first-order valence-corrected chi connectivity index (χ1v) is 11.3. The molecule has 2 rings (SSSR count). The minimum absolute atomic E-state index is 0. The van der Waals surface area contributed by atoms with Gasteiger partial charge in [-0.1, -0.05) is 31.0 Å². The summed E-state index contributed by atoms with van der Waals surface area (Å²) in [6.45, 7) is 10.8. The van der Waals surface area contributed by atoms with Gasteiger partial charge in [-0.15, -0.1) is 24.0 Å². The molecule has 3 N–H and O–H groups in total. The molecule has 172 valence electrons. The van der Waals surface area contributed by atoms with E-state index >= 15 is 0 Å². The van der Waals surface area contributed by atoms with Crippen molar-refractivity contribution in [2.75, 3.05) is 57.8 Å². The first kappa shape index (κ1) is 27.3. The molecule has 1 heterocycles. The Bertz CT molecular complexity index is 632. The number of nitrogens with one attached hydrogen (secondary N) is 2. The number of anilines is 1. The van der Waals surface area contributed by atoms with Gasteiger partial charge in [0, 0.05) is 62.1 Å². The number of likely N-dealkylation sites (N-methyl/N-ethyl adjacent to an activating group) is 1. The lowest BCUT2D eigenvalue weighted by molar-refractivity contribution is 0.251. The highest BCUT2D eigenvalue weighted by Crippen LogP contribution is 2.29. The maximum Gasteiger partial charge on any atom is 0.191 e. The summed E-state index contributed by atoms with van der Waals surface area (Å²) in [5.74, 6) is 1.26. The van der Waals surface area contributed by atoms with E-state index in [9.17, 15) is 5.11 Å². The quantitative estimate of drug-likeness (QED) is 0.236. The van der Waals surface area contributed by atoms with Crippen LogP contribution >= 0.6 is 35.6 Å². The van der Waals surface area contributed by atoms with E-state index in [1.54, 1.807) is 0 Å². The Hall–Kier alpha value is -0.770. The van der Waals surface area contributed by atoms with E-state index in [4.69, 9.17) is 16.6 Å². The Kier molecular flexibility index (Phi) is 13.7. The number of rotatable bonds is 10. The Morgan fingerprint density at radius 3 is 2.53 bits per heavy atom. The van der Waals surface area contributed by atoms with Crippen molar-refractivity contribution in [1.29, 1.82) is 0 Å². The minimum Gasteiger partial charge on any atom is -0.396 e. The van der Waals surface area contributed by atoms with Gasteiger partial charge in [-0.05, 0) is 44.9 Å². The van der Waals surface area contributed by atoms with Crippen molar-refractivity contribution < 1.29 is 5.11 Å². The van der Waals surface area contributed by atoms with Crippen LogP contribution in [-0.2, 0) is 6.54 Å². The third-order valence-electron chi connectivity index (χ3n) is 5.47. The second kappa shape index (κ2) is 15.1. The number of aliphatic imine (C=N–C) groups is 1. The van der Waals surface area contributed by atoms with Crippen molar-refractivity contribution in [1.82, 2.24) is 15.5 Å². The summed E-state index contributed by atoms with van der Waals surface area (Å²) in [6, 6.07) is 6.13. The van der Waals surface area contributed by atoms with Crippen LogP contribution in [0.15, 0.2) is 23.2 Å². The Morgan fingerprint density at radius 1 is 1.17 bits per heavy atom. The standard InChI is InChI=1S/C22H38ClN5O.HI/c1-4-7-18(10-15-29)16-25-22(24-5-2)26-17-19-20(23)8-6-9-21(19)28-13-11-27(3)12-14-28;/h6,8-9,18,29H,4-5,7,10-17H2,1-3H3,(H2,24,25,26);1H.